The topological polar surface area (TPSA) is 85.9 Å². The number of halogens is 1. The smallest absolute Gasteiger partial charge is 0.337 e. The predicted molar refractivity (Wildman–Crippen MR) is 86.4 cm³/mol. The zero-order chi connectivity index (χ0) is 17.1. The lowest BCUT2D eigenvalue weighted by atomic mass is 9.95. The van der Waals surface area contributed by atoms with Gasteiger partial charge in [-0.2, -0.15) is 0 Å². The number of esters is 1. The highest BCUT2D eigenvalue weighted by Crippen LogP contribution is 2.39. The van der Waals surface area contributed by atoms with Crippen LogP contribution in [0.3, 0.4) is 0 Å². The Bertz CT molecular complexity index is 687. The van der Waals surface area contributed by atoms with Gasteiger partial charge in [-0.3, -0.25) is 0 Å². The highest BCUT2D eigenvalue weighted by molar-refractivity contribution is 9.10. The molecule has 7 nitrogen and oxygen atoms in total. The Morgan fingerprint density at radius 3 is 2.35 bits per heavy atom. The molecule has 1 aromatic rings. The minimum absolute atomic E-state index is 0.319. The zero-order valence-corrected chi connectivity index (χ0v) is 14.7. The largest absolute Gasteiger partial charge is 0.493 e. The summed E-state index contributed by atoms with van der Waals surface area (Å²) in [6.45, 7) is 1.65. The van der Waals surface area contributed by atoms with E-state index in [2.05, 4.69) is 26.6 Å². The number of nitrogens with one attached hydrogen (secondary N) is 2. The predicted octanol–water partition coefficient (Wildman–Crippen LogP) is 2.27. The van der Waals surface area contributed by atoms with E-state index in [-0.39, 0.29) is 0 Å². The highest BCUT2D eigenvalue weighted by atomic mass is 79.9. The number of hydrogen-bond acceptors (Lipinski definition) is 5. The average molecular weight is 385 g/mol. The first-order valence-electron chi connectivity index (χ1n) is 6.71. The summed E-state index contributed by atoms with van der Waals surface area (Å²) < 4.78 is 16.0. The molecule has 1 heterocycles. The molecule has 0 bridgehead atoms. The minimum Gasteiger partial charge on any atom is -0.493 e. The number of carbonyl (C=O) groups excluding carboxylic acids is 2. The van der Waals surface area contributed by atoms with Gasteiger partial charge in [0.1, 0.15) is 0 Å². The SMILES string of the molecule is COC(=O)C1=C(C)NC(=O)N[C@@H]1c1cc(OC)c(OC)cc1Br. The summed E-state index contributed by atoms with van der Waals surface area (Å²) in [4.78, 5) is 23.9. The van der Waals surface area contributed by atoms with Crippen molar-refractivity contribution in [3.05, 3.63) is 33.4 Å². The van der Waals surface area contributed by atoms with Gasteiger partial charge in [0.25, 0.3) is 0 Å². The number of carbonyl (C=O) groups is 2. The monoisotopic (exact) mass is 384 g/mol. The summed E-state index contributed by atoms with van der Waals surface area (Å²) >= 11 is 3.44. The van der Waals surface area contributed by atoms with E-state index in [0.717, 1.165) is 0 Å². The molecule has 2 amide bonds. The number of urea groups is 1. The normalized spacial score (nSPS) is 17.3. The molecule has 8 heteroatoms. The summed E-state index contributed by atoms with van der Waals surface area (Å²) in [5.41, 5.74) is 1.41. The third kappa shape index (κ3) is 3.26. The molecule has 0 aliphatic carbocycles. The third-order valence-electron chi connectivity index (χ3n) is 3.49. The molecule has 0 fully saturated rings. The van der Waals surface area contributed by atoms with Gasteiger partial charge in [0.2, 0.25) is 0 Å². The van der Waals surface area contributed by atoms with Gasteiger partial charge >= 0.3 is 12.0 Å². The van der Waals surface area contributed by atoms with Crippen molar-refractivity contribution in [2.45, 2.75) is 13.0 Å². The van der Waals surface area contributed by atoms with Crippen LogP contribution in [0.25, 0.3) is 0 Å². The van der Waals surface area contributed by atoms with Crippen molar-refractivity contribution >= 4 is 27.9 Å². The van der Waals surface area contributed by atoms with E-state index >= 15 is 0 Å². The molecule has 1 atom stereocenters. The fraction of sp³-hybridized carbons (Fsp3) is 0.333. The van der Waals surface area contributed by atoms with Crippen molar-refractivity contribution in [1.29, 1.82) is 0 Å². The standard InChI is InChI=1S/C15H17BrN2O5/c1-7-12(14(19)23-4)13(18-15(20)17-7)8-5-10(21-2)11(22-3)6-9(8)16/h5-6,13H,1-4H3,(H2,17,18,20)/t13-/m1/s1. The molecular weight excluding hydrogens is 368 g/mol. The molecule has 0 spiro atoms. The molecule has 0 saturated carbocycles. The summed E-state index contributed by atoms with van der Waals surface area (Å²) in [7, 11) is 4.33. The molecule has 0 saturated heterocycles. The van der Waals surface area contributed by atoms with Gasteiger partial charge in [0.15, 0.2) is 11.5 Å². The van der Waals surface area contributed by atoms with Crippen molar-refractivity contribution in [2.24, 2.45) is 0 Å². The Morgan fingerprint density at radius 2 is 1.78 bits per heavy atom. The van der Waals surface area contributed by atoms with Gasteiger partial charge in [-0.15, -0.1) is 0 Å². The van der Waals surface area contributed by atoms with E-state index in [4.69, 9.17) is 14.2 Å². The van der Waals surface area contributed by atoms with Gasteiger partial charge in [-0.05, 0) is 24.6 Å². The van der Waals surface area contributed by atoms with E-state index in [9.17, 15) is 9.59 Å². The second kappa shape index (κ2) is 6.91. The number of benzene rings is 1. The number of ether oxygens (including phenoxy) is 3. The van der Waals surface area contributed by atoms with Gasteiger partial charge in [0.05, 0.1) is 32.9 Å². The van der Waals surface area contributed by atoms with Crippen LogP contribution in [0, 0.1) is 0 Å². The van der Waals surface area contributed by atoms with Crippen LogP contribution < -0.4 is 20.1 Å². The van der Waals surface area contributed by atoms with Crippen molar-refractivity contribution in [3.63, 3.8) is 0 Å². The Balaban J connectivity index is 2.60. The first-order valence-corrected chi connectivity index (χ1v) is 7.50. The van der Waals surface area contributed by atoms with Crippen molar-refractivity contribution < 1.29 is 23.8 Å². The summed E-state index contributed by atoms with van der Waals surface area (Å²) in [5, 5.41) is 5.30. The van der Waals surface area contributed by atoms with Gasteiger partial charge in [0, 0.05) is 10.2 Å². The quantitative estimate of drug-likeness (QED) is 0.777. The fourth-order valence-corrected chi connectivity index (χ4v) is 2.95. The van der Waals surface area contributed by atoms with E-state index in [1.54, 1.807) is 19.1 Å². The van der Waals surface area contributed by atoms with E-state index in [0.29, 0.717) is 32.8 Å². The Hall–Kier alpha value is -2.22. The molecular formula is C15H17BrN2O5. The second-order valence-corrected chi connectivity index (χ2v) is 5.64. The zero-order valence-electron chi connectivity index (χ0n) is 13.2. The maximum absolute atomic E-state index is 12.1. The van der Waals surface area contributed by atoms with Crippen LogP contribution in [-0.4, -0.2) is 33.3 Å². The first kappa shape index (κ1) is 17.1. The third-order valence-corrected chi connectivity index (χ3v) is 4.18. The van der Waals surface area contributed by atoms with Gasteiger partial charge < -0.3 is 24.8 Å². The molecule has 0 radical (unpaired) electrons. The molecule has 124 valence electrons. The molecule has 1 aliphatic heterocycles. The van der Waals surface area contributed by atoms with E-state index < -0.39 is 18.0 Å². The van der Waals surface area contributed by atoms with Gasteiger partial charge in [-0.25, -0.2) is 9.59 Å². The van der Waals surface area contributed by atoms with Crippen molar-refractivity contribution in [3.8, 4) is 11.5 Å². The molecule has 1 aromatic carbocycles. The first-order chi connectivity index (χ1) is 10.9. The molecule has 0 unspecified atom stereocenters. The van der Waals surface area contributed by atoms with Crippen LogP contribution in [0.1, 0.15) is 18.5 Å². The maximum atomic E-state index is 12.1. The Morgan fingerprint density at radius 1 is 1.17 bits per heavy atom. The van der Waals surface area contributed by atoms with Crippen LogP contribution in [0.2, 0.25) is 0 Å². The Kier molecular flexibility index (Phi) is 5.15. The fourth-order valence-electron chi connectivity index (χ4n) is 2.40. The number of hydrogen-bond donors (Lipinski definition) is 2. The van der Waals surface area contributed by atoms with E-state index in [1.165, 1.54) is 21.3 Å². The minimum atomic E-state index is -0.676. The molecule has 2 N–H and O–H groups in total. The van der Waals surface area contributed by atoms with E-state index in [1.807, 2.05) is 0 Å². The lowest BCUT2D eigenvalue weighted by Gasteiger charge is -2.29. The molecule has 0 aromatic heterocycles. The van der Waals surface area contributed by atoms with Crippen LogP contribution in [-0.2, 0) is 9.53 Å². The molecule has 23 heavy (non-hydrogen) atoms. The van der Waals surface area contributed by atoms with Crippen molar-refractivity contribution in [1.82, 2.24) is 10.6 Å². The highest BCUT2D eigenvalue weighted by Gasteiger charge is 2.33. The van der Waals surface area contributed by atoms with Gasteiger partial charge in [-0.1, -0.05) is 15.9 Å². The number of amides is 2. The second-order valence-electron chi connectivity index (χ2n) is 4.79. The number of rotatable bonds is 4. The van der Waals surface area contributed by atoms with Crippen LogP contribution in [0.15, 0.2) is 27.9 Å². The molecule has 1 aliphatic rings. The van der Waals surface area contributed by atoms with Crippen LogP contribution in [0.4, 0.5) is 4.79 Å². The van der Waals surface area contributed by atoms with Crippen LogP contribution in [0.5, 0.6) is 11.5 Å². The molecule has 2 rings (SSSR count). The average Bonchev–Trinajstić information content (AvgIpc) is 2.53. The maximum Gasteiger partial charge on any atom is 0.337 e. The summed E-state index contributed by atoms with van der Waals surface area (Å²) in [5.74, 6) is 0.491. The van der Waals surface area contributed by atoms with Crippen LogP contribution >= 0.6 is 15.9 Å². The number of allylic oxidation sites excluding steroid dienone is 1. The number of methoxy groups -OCH3 is 3. The summed E-state index contributed by atoms with van der Waals surface area (Å²) in [6, 6.07) is 2.34. The summed E-state index contributed by atoms with van der Waals surface area (Å²) in [6.07, 6.45) is 0. The lowest BCUT2D eigenvalue weighted by Crippen LogP contribution is -2.45. The Labute approximate surface area is 142 Å². The van der Waals surface area contributed by atoms with Crippen molar-refractivity contribution in [2.75, 3.05) is 21.3 Å². The lowest BCUT2D eigenvalue weighted by molar-refractivity contribution is -0.136.